The van der Waals surface area contributed by atoms with Crippen molar-refractivity contribution in [3.63, 3.8) is 0 Å². The van der Waals surface area contributed by atoms with Gasteiger partial charge in [-0.2, -0.15) is 0 Å². The van der Waals surface area contributed by atoms with E-state index in [1.165, 1.54) is 20.3 Å². The minimum atomic E-state index is -0.904. The van der Waals surface area contributed by atoms with Crippen LogP contribution < -0.4 is 15.4 Å². The van der Waals surface area contributed by atoms with E-state index in [1.54, 1.807) is 29.1 Å². The number of halogens is 1. The van der Waals surface area contributed by atoms with Crippen LogP contribution in [0.15, 0.2) is 71.3 Å². The van der Waals surface area contributed by atoms with Crippen LogP contribution in [-0.2, 0) is 24.2 Å². The third-order valence-electron chi connectivity index (χ3n) is 14.7. The van der Waals surface area contributed by atoms with E-state index in [4.69, 9.17) is 24.2 Å². The molecule has 4 amide bonds. The number of methoxy groups -OCH3 is 2. The van der Waals surface area contributed by atoms with Crippen LogP contribution in [0.25, 0.3) is 44.7 Å². The standard InChI is InChI=1S/C54H67FN9O7SSi/c1-12-30(7)72-43(13-2)50-64-39-18-17-33(37-27-57-51(59-37)54(73)19-15-21-63(54)49(66)32(9)46(29(5)6)61-53(68)70-11)22-35(39)24-41(64)44-36(55)23-34(25-42(44)71-50)38-26-56-47(58-38)40-16-14-20-62(40)48(65)31(8)45(28(3)4)60-52(67)69-10/h13,17-18,22-29,31-32,40,45-46,50H,7,12,14-16,19-21H2,1-6,8-11H3,(H,56,58)(H,57,59)(H,60,67)(H,61,68). The second kappa shape index (κ2) is 21.6. The second-order valence-electron chi connectivity index (χ2n) is 20.0. The van der Waals surface area contributed by atoms with E-state index in [0.717, 1.165) is 51.2 Å². The molecule has 3 aliphatic heterocycles. The van der Waals surface area contributed by atoms with Crippen molar-refractivity contribution in [1.29, 1.82) is 0 Å². The lowest BCUT2D eigenvalue weighted by molar-refractivity contribution is -0.139. The highest BCUT2D eigenvalue weighted by Gasteiger charge is 2.46. The molecule has 3 radical (unpaired) electrons. The van der Waals surface area contributed by atoms with Gasteiger partial charge in [0, 0.05) is 46.6 Å². The molecule has 0 bridgehead atoms. The van der Waals surface area contributed by atoms with Gasteiger partial charge < -0.3 is 44.6 Å². The van der Waals surface area contributed by atoms with Crippen LogP contribution >= 0.6 is 11.8 Å². The minimum absolute atomic E-state index is 0.0203. The van der Waals surface area contributed by atoms with Crippen molar-refractivity contribution in [1.82, 2.24) is 44.9 Å². The summed E-state index contributed by atoms with van der Waals surface area (Å²) in [5.41, 5.74) is 4.49. The normalized spacial score (nSPS) is 20.3. The molecular weight excluding hydrogens is 966 g/mol. The first-order chi connectivity index (χ1) is 34.8. The Morgan fingerprint density at radius 3 is 2.22 bits per heavy atom. The number of allylic oxidation sites excluding steroid dienone is 2. The fraction of sp³-hybridized carbons (Fsp3) is 0.481. The average Bonchev–Trinajstić information content (AvgIpc) is 4.25. The molecule has 2 aromatic carbocycles. The highest BCUT2D eigenvalue weighted by atomic mass is 32.2. The first-order valence-corrected chi connectivity index (χ1v) is 26.5. The van der Waals surface area contributed by atoms with Crippen LogP contribution in [0.5, 0.6) is 5.75 Å². The first-order valence-electron chi connectivity index (χ1n) is 25.2. The molecule has 0 aliphatic carbocycles. The van der Waals surface area contributed by atoms with Gasteiger partial charge in [-0.05, 0) is 86.1 Å². The summed E-state index contributed by atoms with van der Waals surface area (Å²) in [5, 5.41) is 5.64. The molecule has 0 saturated carbocycles. The summed E-state index contributed by atoms with van der Waals surface area (Å²) in [4.78, 5) is 74.6. The van der Waals surface area contributed by atoms with Crippen molar-refractivity contribution >= 4 is 56.9 Å². The fourth-order valence-electron chi connectivity index (χ4n) is 10.7. The number of carbonyl (C=O) groups excluding carboxylic acids is 4. The van der Waals surface area contributed by atoms with Gasteiger partial charge >= 0.3 is 12.2 Å². The van der Waals surface area contributed by atoms with Gasteiger partial charge in [0.1, 0.15) is 23.2 Å². The Labute approximate surface area is 434 Å². The number of hydrogen-bond donors (Lipinski definition) is 4. The monoisotopic (exact) mass is 1030 g/mol. The number of nitrogens with zero attached hydrogens (tertiary/aromatic N) is 5. The molecule has 3 aliphatic rings. The molecule has 7 atom stereocenters. The summed E-state index contributed by atoms with van der Waals surface area (Å²) in [6, 6.07) is 10.2. The smallest absolute Gasteiger partial charge is 0.407 e. The van der Waals surface area contributed by atoms with Gasteiger partial charge in [-0.3, -0.25) is 14.2 Å². The second-order valence-corrected chi connectivity index (χ2v) is 22.1. The van der Waals surface area contributed by atoms with Gasteiger partial charge in [-0.1, -0.05) is 78.9 Å². The molecule has 3 aromatic heterocycles. The van der Waals surface area contributed by atoms with Gasteiger partial charge in [0.25, 0.3) is 0 Å². The van der Waals surface area contributed by atoms with Crippen LogP contribution in [0.4, 0.5) is 14.0 Å². The Balaban J connectivity index is 1.11. The van der Waals surface area contributed by atoms with E-state index in [2.05, 4.69) is 44.3 Å². The Morgan fingerprint density at radius 1 is 0.918 bits per heavy atom. The lowest BCUT2D eigenvalue weighted by atomic mass is 9.90. The van der Waals surface area contributed by atoms with Gasteiger partial charge in [-0.25, -0.2) is 23.9 Å². The Bertz CT molecular complexity index is 2950. The number of rotatable bonds is 16. The zero-order valence-electron chi connectivity index (χ0n) is 43.4. The zero-order chi connectivity index (χ0) is 52.6. The number of thioether (sulfide) groups is 1. The average molecular weight is 1030 g/mol. The SMILES string of the molecule is C=C(CC)SC(=CC)C1Oc2cc(-c3cnc(C4CCCN4C(=O)C(C)C(NC(=O)OC)C(C)C)[nH]3)cc(F)c2-c2cc3cc(-c4cnc(C5([Si])CCCN5C(=O)C(C)C(NC(=O)OC)C(C)C)[nH]4)ccc3n21. The van der Waals surface area contributed by atoms with Gasteiger partial charge in [0.15, 0.2) is 0 Å². The quantitative estimate of drug-likeness (QED) is 0.0693. The predicted octanol–water partition coefficient (Wildman–Crippen LogP) is 10.3. The summed E-state index contributed by atoms with van der Waals surface area (Å²) in [6.45, 7) is 20.8. The molecule has 5 aromatic rings. The van der Waals surface area contributed by atoms with Gasteiger partial charge in [0.05, 0.1) is 88.1 Å². The van der Waals surface area contributed by atoms with Crippen LogP contribution in [0, 0.1) is 29.5 Å². The highest BCUT2D eigenvalue weighted by Crippen LogP contribution is 2.50. The Morgan fingerprint density at radius 2 is 1.58 bits per heavy atom. The minimum Gasteiger partial charge on any atom is -0.465 e. The molecule has 0 spiro atoms. The summed E-state index contributed by atoms with van der Waals surface area (Å²) >= 11 is 1.54. The molecule has 387 valence electrons. The van der Waals surface area contributed by atoms with Crippen LogP contribution in [0.3, 0.4) is 0 Å². The fourth-order valence-corrected chi connectivity index (χ4v) is 12.1. The predicted molar refractivity (Wildman–Crippen MR) is 282 cm³/mol. The van der Waals surface area contributed by atoms with Crippen molar-refractivity contribution in [3.8, 4) is 39.5 Å². The van der Waals surface area contributed by atoms with E-state index in [-0.39, 0.29) is 29.7 Å². The number of carbonyl (C=O) groups is 4. The number of ether oxygens (including phenoxy) is 3. The van der Waals surface area contributed by atoms with Gasteiger partial charge in [0.2, 0.25) is 18.0 Å². The Hall–Kier alpha value is -6.34. The number of aromatic amines is 2. The molecule has 6 heterocycles. The number of hydrogen-bond acceptors (Lipinski definition) is 10. The number of imidazole rings is 2. The number of H-pyrrole nitrogens is 2. The van der Waals surface area contributed by atoms with Gasteiger partial charge in [-0.15, -0.1) is 0 Å². The highest BCUT2D eigenvalue weighted by molar-refractivity contribution is 8.06. The van der Waals surface area contributed by atoms with Crippen LogP contribution in [0.1, 0.15) is 111 Å². The van der Waals surface area contributed by atoms with Crippen molar-refractivity contribution in [3.05, 3.63) is 88.7 Å². The lowest BCUT2D eigenvalue weighted by Crippen LogP contribution is -2.53. The molecule has 8 rings (SSSR count). The number of aromatic nitrogens is 5. The van der Waals surface area contributed by atoms with Crippen LogP contribution in [0.2, 0.25) is 0 Å². The summed E-state index contributed by atoms with van der Waals surface area (Å²) in [6.07, 6.45) is 7.22. The summed E-state index contributed by atoms with van der Waals surface area (Å²) in [7, 11) is 6.62. The molecule has 2 fully saturated rings. The van der Waals surface area contributed by atoms with E-state index >= 15 is 4.39 Å². The van der Waals surface area contributed by atoms with Crippen molar-refractivity contribution < 1.29 is 37.8 Å². The molecule has 19 heteroatoms. The molecule has 73 heavy (non-hydrogen) atoms. The number of likely N-dealkylation sites (tertiary alicyclic amines) is 2. The third-order valence-corrected chi connectivity index (χ3v) is 16.7. The maximum Gasteiger partial charge on any atom is 0.407 e. The lowest BCUT2D eigenvalue weighted by Gasteiger charge is -2.38. The maximum atomic E-state index is 17.0. The number of benzene rings is 2. The number of fused-ring (bicyclic) bond motifs is 5. The summed E-state index contributed by atoms with van der Waals surface area (Å²) in [5.74, 6) is -0.243. The van der Waals surface area contributed by atoms with E-state index in [1.807, 2.05) is 94.3 Å². The van der Waals surface area contributed by atoms with Crippen molar-refractivity contribution in [2.45, 2.75) is 117 Å². The molecule has 7 unspecified atom stereocenters. The first kappa shape index (κ1) is 53.0. The number of amides is 4. The molecule has 2 saturated heterocycles. The maximum absolute atomic E-state index is 17.0. The summed E-state index contributed by atoms with van der Waals surface area (Å²) < 4.78 is 35.7. The molecular formula is C54H67FN9O7SSi. The number of nitrogens with one attached hydrogen (secondary N) is 4. The van der Waals surface area contributed by atoms with Crippen LogP contribution in [-0.4, -0.2) is 108 Å². The van der Waals surface area contributed by atoms with Crippen molar-refractivity contribution in [2.75, 3.05) is 27.3 Å². The largest absolute Gasteiger partial charge is 0.465 e. The molecule has 16 nitrogen and oxygen atoms in total. The number of alkyl carbamates (subject to hydrolysis) is 2. The topological polar surface area (TPSA) is 189 Å². The van der Waals surface area contributed by atoms with E-state index in [9.17, 15) is 19.2 Å². The van der Waals surface area contributed by atoms with Crippen molar-refractivity contribution in [2.24, 2.45) is 23.7 Å². The Kier molecular flexibility index (Phi) is 15.7. The zero-order valence-corrected chi connectivity index (χ0v) is 45.2. The molecule has 4 N–H and O–H groups in total. The van der Waals surface area contributed by atoms with E-state index in [0.29, 0.717) is 65.8 Å². The van der Waals surface area contributed by atoms with E-state index < -0.39 is 53.3 Å². The third kappa shape index (κ3) is 10.2.